The van der Waals surface area contributed by atoms with E-state index in [1.54, 1.807) is 37.3 Å². The molecule has 0 aromatic heterocycles. The Bertz CT molecular complexity index is 2200. The number of hydrogen-bond acceptors (Lipinski definition) is 11. The number of allylic oxidation sites excluding steroid dienone is 1. The minimum absolute atomic E-state index is 0.0260. The van der Waals surface area contributed by atoms with Crippen LogP contribution in [0.4, 0.5) is 10.5 Å². The van der Waals surface area contributed by atoms with E-state index < -0.39 is 33.9 Å². The number of aliphatic hydroxyl groups is 2. The third kappa shape index (κ3) is 10.8. The number of benzene rings is 3. The maximum Gasteiger partial charge on any atom is 0.412 e. The second-order valence-corrected chi connectivity index (χ2v) is 18.2. The first-order valence-electron chi connectivity index (χ1n) is 22.1. The number of fused-ring (bicyclic) bond motifs is 2. The maximum absolute atomic E-state index is 15.2. The molecule has 0 bridgehead atoms. The fraction of sp³-hybridized carbons (Fsp3) is 0.479. The molecule has 6 rings (SSSR count). The summed E-state index contributed by atoms with van der Waals surface area (Å²) in [7, 11) is -4.29. The Hall–Kier alpha value is -5.06. The number of oxime groups is 1. The Balaban J connectivity index is 1.61. The highest BCUT2D eigenvalue weighted by Crippen LogP contribution is 2.62. The molecule has 340 valence electrons. The van der Waals surface area contributed by atoms with Gasteiger partial charge in [-0.15, -0.1) is 6.58 Å². The predicted molar refractivity (Wildman–Crippen MR) is 241 cm³/mol. The molecule has 1 saturated carbocycles. The van der Waals surface area contributed by atoms with Gasteiger partial charge in [-0.25, -0.2) is 13.2 Å². The molecule has 2 aliphatic carbocycles. The van der Waals surface area contributed by atoms with Crippen LogP contribution in [-0.4, -0.2) is 85.4 Å². The molecular formula is C48H62N4O10S. The average molecular weight is 887 g/mol. The van der Waals surface area contributed by atoms with E-state index in [0.717, 1.165) is 29.5 Å². The Labute approximate surface area is 371 Å². The van der Waals surface area contributed by atoms with E-state index in [1.165, 1.54) is 23.4 Å². The first-order valence-corrected chi connectivity index (χ1v) is 23.5. The lowest BCUT2D eigenvalue weighted by Gasteiger charge is -2.59. The monoisotopic (exact) mass is 886 g/mol. The third-order valence-corrected chi connectivity index (χ3v) is 13.9. The lowest BCUT2D eigenvalue weighted by Crippen LogP contribution is -2.70. The number of nitrogens with zero attached hydrogens (tertiary/aromatic N) is 2. The molecule has 3 aromatic carbocycles. The summed E-state index contributed by atoms with van der Waals surface area (Å²) in [5, 5.41) is 30.1. The number of nitrogens with one attached hydrogen (secondary N) is 2. The van der Waals surface area contributed by atoms with Crippen LogP contribution in [0.1, 0.15) is 89.2 Å². The van der Waals surface area contributed by atoms with Crippen molar-refractivity contribution < 1.29 is 47.3 Å². The van der Waals surface area contributed by atoms with Crippen molar-refractivity contribution in [2.75, 3.05) is 38.2 Å². The van der Waals surface area contributed by atoms with Crippen LogP contribution in [0.15, 0.2) is 107 Å². The van der Waals surface area contributed by atoms with Crippen molar-refractivity contribution in [2.45, 2.75) is 101 Å². The molecule has 6 atom stereocenters. The van der Waals surface area contributed by atoms with E-state index in [4.69, 9.17) is 24.2 Å². The van der Waals surface area contributed by atoms with Crippen LogP contribution in [-0.2, 0) is 31.0 Å². The topological polar surface area (TPSA) is 185 Å². The third-order valence-electron chi connectivity index (χ3n) is 12.0. The number of carbonyl (C=O) groups excluding carboxylic acids is 2. The number of hydrogen-bond donors (Lipinski definition) is 4. The number of aliphatic hydroxyl groups excluding tert-OH is 2. The Morgan fingerprint density at radius 3 is 2.40 bits per heavy atom. The van der Waals surface area contributed by atoms with Gasteiger partial charge in [-0.2, -0.15) is 4.31 Å². The van der Waals surface area contributed by atoms with Gasteiger partial charge in [0.25, 0.3) is 0 Å². The van der Waals surface area contributed by atoms with Crippen LogP contribution in [0.3, 0.4) is 0 Å². The van der Waals surface area contributed by atoms with Crippen LogP contribution >= 0.6 is 0 Å². The molecule has 0 radical (unpaired) electrons. The predicted octanol–water partition coefficient (Wildman–Crippen LogP) is 7.69. The second kappa shape index (κ2) is 22.0. The van der Waals surface area contributed by atoms with Gasteiger partial charge in [0.2, 0.25) is 21.7 Å². The van der Waals surface area contributed by atoms with Crippen molar-refractivity contribution in [2.24, 2.45) is 22.9 Å². The number of amides is 2. The van der Waals surface area contributed by atoms with Gasteiger partial charge in [0.15, 0.2) is 0 Å². The minimum atomic E-state index is -4.29. The molecule has 1 heterocycles. The molecule has 4 N–H and O–H groups in total. The molecule has 3 aromatic rings. The quantitative estimate of drug-likeness (QED) is 0.0443. The largest absolute Gasteiger partial charge is 0.460 e. The van der Waals surface area contributed by atoms with E-state index in [-0.39, 0.29) is 67.9 Å². The summed E-state index contributed by atoms with van der Waals surface area (Å²) in [6.07, 6.45) is 7.90. The van der Waals surface area contributed by atoms with Crippen molar-refractivity contribution in [1.29, 1.82) is 0 Å². The zero-order chi connectivity index (χ0) is 45.0. The smallest absolute Gasteiger partial charge is 0.412 e. The first kappa shape index (κ1) is 47.4. The first-order chi connectivity index (χ1) is 30.5. The SMILES string of the molecule is C=CCO[C@@]12Oc3ccc(OC(=O)NCC)cc3[C@H]3[C@H](CCCCO)[C@@H](CCCCO)C=C(C(=NOCc4ccccc4)C[C@@H]1N(CCC)S(=O)(=O)c1ccc(NC(C)=O)cc1)[C@H]32. The van der Waals surface area contributed by atoms with Crippen molar-refractivity contribution in [3.63, 3.8) is 0 Å². The number of rotatable bonds is 22. The van der Waals surface area contributed by atoms with Gasteiger partial charge in [0.05, 0.1) is 29.2 Å². The average Bonchev–Trinajstić information content (AvgIpc) is 3.27. The van der Waals surface area contributed by atoms with Crippen LogP contribution in [0.25, 0.3) is 0 Å². The maximum atomic E-state index is 15.2. The van der Waals surface area contributed by atoms with Crippen molar-refractivity contribution in [3.8, 4) is 11.5 Å². The molecule has 0 unspecified atom stereocenters. The lowest BCUT2D eigenvalue weighted by atomic mass is 9.55. The van der Waals surface area contributed by atoms with Gasteiger partial charge in [-0.3, -0.25) is 4.79 Å². The normalized spacial score (nSPS) is 23.2. The van der Waals surface area contributed by atoms with Crippen molar-refractivity contribution in [1.82, 2.24) is 9.62 Å². The van der Waals surface area contributed by atoms with E-state index >= 15 is 8.42 Å². The van der Waals surface area contributed by atoms with Gasteiger partial charge in [-0.05, 0) is 104 Å². The molecule has 63 heavy (non-hydrogen) atoms. The minimum Gasteiger partial charge on any atom is -0.460 e. The molecule has 3 aliphatic rings. The molecule has 2 amide bonds. The summed E-state index contributed by atoms with van der Waals surface area (Å²) in [4.78, 5) is 30.8. The van der Waals surface area contributed by atoms with Gasteiger partial charge in [-0.1, -0.05) is 67.4 Å². The summed E-state index contributed by atoms with van der Waals surface area (Å²) < 4.78 is 51.9. The highest BCUT2D eigenvalue weighted by Gasteiger charge is 2.66. The molecule has 1 fully saturated rings. The number of carbonyl (C=O) groups is 2. The van der Waals surface area contributed by atoms with E-state index in [9.17, 15) is 19.8 Å². The molecular weight excluding hydrogens is 825 g/mol. The van der Waals surface area contributed by atoms with Gasteiger partial charge >= 0.3 is 6.09 Å². The Morgan fingerprint density at radius 1 is 1.00 bits per heavy atom. The Morgan fingerprint density at radius 2 is 1.73 bits per heavy atom. The van der Waals surface area contributed by atoms with Crippen LogP contribution in [0.5, 0.6) is 11.5 Å². The van der Waals surface area contributed by atoms with Crippen LogP contribution < -0.4 is 20.1 Å². The molecule has 15 heteroatoms. The van der Waals surface area contributed by atoms with E-state index in [0.29, 0.717) is 61.5 Å². The highest BCUT2D eigenvalue weighted by molar-refractivity contribution is 7.89. The second-order valence-electron chi connectivity index (χ2n) is 16.3. The van der Waals surface area contributed by atoms with E-state index in [1.807, 2.05) is 43.3 Å². The van der Waals surface area contributed by atoms with Crippen molar-refractivity contribution in [3.05, 3.63) is 108 Å². The molecule has 1 aliphatic heterocycles. The van der Waals surface area contributed by atoms with Crippen LogP contribution in [0.2, 0.25) is 0 Å². The zero-order valence-corrected chi connectivity index (χ0v) is 37.4. The molecule has 0 spiro atoms. The van der Waals surface area contributed by atoms with Crippen LogP contribution in [0, 0.1) is 17.8 Å². The summed E-state index contributed by atoms with van der Waals surface area (Å²) in [6, 6.07) is 20.0. The summed E-state index contributed by atoms with van der Waals surface area (Å²) in [5.74, 6) is -2.30. The van der Waals surface area contributed by atoms with E-state index in [2.05, 4.69) is 23.3 Å². The molecule has 0 saturated heterocycles. The molecule has 14 nitrogen and oxygen atoms in total. The zero-order valence-electron chi connectivity index (χ0n) is 36.5. The fourth-order valence-corrected chi connectivity index (χ4v) is 11.2. The summed E-state index contributed by atoms with van der Waals surface area (Å²) in [6.45, 7) is 9.86. The van der Waals surface area contributed by atoms with Crippen molar-refractivity contribution >= 4 is 33.4 Å². The summed E-state index contributed by atoms with van der Waals surface area (Å²) >= 11 is 0. The standard InChI is InChI=1S/C48H62N4O10S/c1-5-25-52(63(57,58)38-22-19-36(20-23-38)50-33(4)55)44-31-42(51-60-32-34-15-9-8-10-16-34)40-29-35(17-11-13-26-53)39(18-12-14-27-54)45-41-30-37(61-47(56)49-7-3)21-24-43(41)62-48(44,46(40)45)59-28-6-2/h6,8-10,15-16,19-24,29-30,35,39,44-46,53-54H,2,5,7,11-14,17-18,25-28,31-32H2,1,3-4H3,(H,49,56)(H,50,55)/t35-,39+,44-,45+,46+,48+/m0/s1. The van der Waals surface area contributed by atoms with Gasteiger partial charge < -0.3 is 39.9 Å². The summed E-state index contributed by atoms with van der Waals surface area (Å²) in [5.41, 5.74) is 3.51. The van der Waals surface area contributed by atoms with Gasteiger partial charge in [0.1, 0.15) is 18.1 Å². The highest BCUT2D eigenvalue weighted by atomic mass is 32.2. The number of anilines is 1. The fourth-order valence-electron chi connectivity index (χ4n) is 9.45. The number of sulfonamides is 1. The van der Waals surface area contributed by atoms with Gasteiger partial charge in [0, 0.05) is 56.8 Å². The Kier molecular flexibility index (Phi) is 16.6. The number of ether oxygens (including phenoxy) is 3. The lowest BCUT2D eigenvalue weighted by molar-refractivity contribution is -0.251. The number of unbranched alkanes of at least 4 members (excludes halogenated alkanes) is 2.